The van der Waals surface area contributed by atoms with Gasteiger partial charge in [-0.25, -0.2) is 8.78 Å². The molecule has 0 aliphatic rings. The van der Waals surface area contributed by atoms with E-state index in [4.69, 9.17) is 9.84 Å². The standard InChI is InChI=1S/C28H25F2N3O5.ClH/c1-15(17-8-11-21(29)22(30)13-17)32-24(16-6-9-20(38-2)10-7-16)18-4-3-5-19(12-18)33-26-25(27(36)28(26)37)31-14-23(34)35;/h3-13,15,24,31-33H,14H2,1-2H3,(H,34,35);1H/t15-,24?;/m1./s1. The molecule has 0 bridgehead atoms. The quantitative estimate of drug-likeness (QED) is 0.197. The molecule has 8 nitrogen and oxygen atoms in total. The average Bonchev–Trinajstić information content (AvgIpc) is 2.92. The lowest BCUT2D eigenvalue weighted by atomic mass is 9.96. The van der Waals surface area contributed by atoms with Gasteiger partial charge in [-0.15, -0.1) is 12.4 Å². The topological polar surface area (TPSA) is 117 Å². The smallest absolute Gasteiger partial charge is 0.322 e. The molecule has 4 rings (SSSR count). The SMILES string of the molecule is COc1ccc(C(N[C@H](C)c2ccc(F)c(F)c2)c2cccc(Nc3c(NCC(=O)O)c(=O)c3=O)c2)cc1.Cl. The molecule has 2 atom stereocenters. The van der Waals surface area contributed by atoms with Crippen LogP contribution in [0.2, 0.25) is 0 Å². The second-order valence-electron chi connectivity index (χ2n) is 8.67. The molecule has 0 saturated carbocycles. The van der Waals surface area contributed by atoms with Crippen molar-refractivity contribution < 1.29 is 23.4 Å². The van der Waals surface area contributed by atoms with Crippen LogP contribution in [0, 0.1) is 11.6 Å². The second-order valence-corrected chi connectivity index (χ2v) is 8.67. The molecule has 4 aromatic rings. The fourth-order valence-corrected chi connectivity index (χ4v) is 4.09. The van der Waals surface area contributed by atoms with E-state index in [1.54, 1.807) is 37.4 Å². The van der Waals surface area contributed by atoms with Gasteiger partial charge >= 0.3 is 5.97 Å². The van der Waals surface area contributed by atoms with Gasteiger partial charge in [0.25, 0.3) is 10.9 Å². The minimum absolute atomic E-state index is 0. The Morgan fingerprint density at radius 2 is 1.56 bits per heavy atom. The fraction of sp³-hybridized carbons (Fsp3) is 0.179. The third-order valence-corrected chi connectivity index (χ3v) is 6.13. The Morgan fingerprint density at radius 1 is 0.897 bits per heavy atom. The number of ether oxygens (including phenoxy) is 1. The number of nitrogens with one attached hydrogen (secondary N) is 3. The molecule has 0 aromatic heterocycles. The number of carbonyl (C=O) groups is 1. The number of rotatable bonds is 11. The molecule has 11 heteroatoms. The minimum atomic E-state index is -1.17. The van der Waals surface area contributed by atoms with Crippen molar-refractivity contribution in [2.24, 2.45) is 0 Å². The highest BCUT2D eigenvalue weighted by Crippen LogP contribution is 2.30. The summed E-state index contributed by atoms with van der Waals surface area (Å²) in [6.45, 7) is 1.32. The summed E-state index contributed by atoms with van der Waals surface area (Å²) in [7, 11) is 1.56. The largest absolute Gasteiger partial charge is 0.497 e. The highest BCUT2D eigenvalue weighted by molar-refractivity contribution is 5.85. The van der Waals surface area contributed by atoms with Crippen LogP contribution in [0.4, 0.5) is 25.8 Å². The van der Waals surface area contributed by atoms with E-state index in [2.05, 4.69) is 16.0 Å². The molecule has 0 amide bonds. The van der Waals surface area contributed by atoms with E-state index in [9.17, 15) is 23.2 Å². The summed E-state index contributed by atoms with van der Waals surface area (Å²) in [5, 5.41) is 17.7. The lowest BCUT2D eigenvalue weighted by Gasteiger charge is -2.26. The second kappa shape index (κ2) is 12.5. The van der Waals surface area contributed by atoms with Gasteiger partial charge in [0.1, 0.15) is 23.7 Å². The first kappa shape index (κ1) is 29.3. The van der Waals surface area contributed by atoms with Crippen molar-refractivity contribution in [3.63, 3.8) is 0 Å². The summed E-state index contributed by atoms with van der Waals surface area (Å²) in [5.74, 6) is -2.38. The zero-order chi connectivity index (χ0) is 27.4. The zero-order valence-electron chi connectivity index (χ0n) is 21.0. The first-order chi connectivity index (χ1) is 18.2. The van der Waals surface area contributed by atoms with Gasteiger partial charge in [0.2, 0.25) is 0 Å². The first-order valence-corrected chi connectivity index (χ1v) is 11.7. The van der Waals surface area contributed by atoms with E-state index in [0.29, 0.717) is 17.0 Å². The number of carboxylic acid groups (broad SMARTS) is 1. The van der Waals surface area contributed by atoms with Crippen molar-refractivity contribution in [3.8, 4) is 5.75 Å². The molecular formula is C28H26ClF2N3O5. The van der Waals surface area contributed by atoms with Crippen LogP contribution < -0.4 is 31.5 Å². The van der Waals surface area contributed by atoms with Crippen molar-refractivity contribution in [3.05, 3.63) is 116 Å². The number of benzene rings is 3. The molecule has 0 saturated heterocycles. The number of anilines is 3. The molecule has 0 spiro atoms. The lowest BCUT2D eigenvalue weighted by Crippen LogP contribution is -2.37. The molecule has 0 aliphatic carbocycles. The van der Waals surface area contributed by atoms with E-state index < -0.39 is 41.0 Å². The van der Waals surface area contributed by atoms with Crippen LogP contribution in [-0.4, -0.2) is 24.7 Å². The van der Waals surface area contributed by atoms with Crippen molar-refractivity contribution in [2.75, 3.05) is 24.3 Å². The Bertz CT molecular complexity index is 1540. The van der Waals surface area contributed by atoms with E-state index in [0.717, 1.165) is 23.3 Å². The van der Waals surface area contributed by atoms with Gasteiger partial charge in [0, 0.05) is 11.7 Å². The highest BCUT2D eigenvalue weighted by Gasteiger charge is 2.23. The van der Waals surface area contributed by atoms with Gasteiger partial charge < -0.3 is 20.5 Å². The fourth-order valence-electron chi connectivity index (χ4n) is 4.09. The summed E-state index contributed by atoms with van der Waals surface area (Å²) in [4.78, 5) is 34.9. The maximum Gasteiger partial charge on any atom is 0.322 e. The van der Waals surface area contributed by atoms with Gasteiger partial charge in [0.15, 0.2) is 11.6 Å². The third kappa shape index (κ3) is 6.60. The van der Waals surface area contributed by atoms with Crippen LogP contribution in [-0.2, 0) is 4.79 Å². The van der Waals surface area contributed by atoms with Crippen LogP contribution in [0.1, 0.15) is 35.7 Å². The van der Waals surface area contributed by atoms with Crippen molar-refractivity contribution in [1.82, 2.24) is 5.32 Å². The van der Waals surface area contributed by atoms with E-state index >= 15 is 0 Å². The van der Waals surface area contributed by atoms with E-state index in [1.807, 2.05) is 25.1 Å². The van der Waals surface area contributed by atoms with Crippen molar-refractivity contribution in [2.45, 2.75) is 19.0 Å². The Balaban J connectivity index is 0.00000420. The normalized spacial score (nSPS) is 12.3. The van der Waals surface area contributed by atoms with E-state index in [1.165, 1.54) is 6.07 Å². The molecule has 0 radical (unpaired) electrons. The summed E-state index contributed by atoms with van der Waals surface area (Å²) in [5.41, 5.74) is 1.03. The Kier molecular flexibility index (Phi) is 9.39. The predicted molar refractivity (Wildman–Crippen MR) is 147 cm³/mol. The Morgan fingerprint density at radius 3 is 2.21 bits per heavy atom. The summed E-state index contributed by atoms with van der Waals surface area (Å²) in [6.07, 6.45) is 0. The molecule has 0 aliphatic heterocycles. The third-order valence-electron chi connectivity index (χ3n) is 6.13. The van der Waals surface area contributed by atoms with Crippen LogP contribution in [0.5, 0.6) is 5.75 Å². The van der Waals surface area contributed by atoms with Crippen LogP contribution in [0.15, 0.2) is 76.3 Å². The van der Waals surface area contributed by atoms with Crippen LogP contribution in [0.25, 0.3) is 0 Å². The van der Waals surface area contributed by atoms with Gasteiger partial charge in [-0.05, 0) is 60.0 Å². The number of carboxylic acids is 1. The molecule has 39 heavy (non-hydrogen) atoms. The molecule has 4 aromatic carbocycles. The number of hydrogen-bond acceptors (Lipinski definition) is 7. The number of methoxy groups -OCH3 is 1. The summed E-state index contributed by atoms with van der Waals surface area (Å²) >= 11 is 0. The predicted octanol–water partition coefficient (Wildman–Crippen LogP) is 4.67. The first-order valence-electron chi connectivity index (χ1n) is 11.7. The Hall–Kier alpha value is -4.28. The average molecular weight is 558 g/mol. The molecular weight excluding hydrogens is 532 g/mol. The monoisotopic (exact) mass is 557 g/mol. The molecule has 0 heterocycles. The van der Waals surface area contributed by atoms with Gasteiger partial charge in [-0.2, -0.15) is 0 Å². The van der Waals surface area contributed by atoms with Gasteiger partial charge in [-0.3, -0.25) is 19.7 Å². The molecule has 204 valence electrons. The molecule has 1 unspecified atom stereocenters. The molecule has 0 fully saturated rings. The number of halogens is 3. The highest BCUT2D eigenvalue weighted by atomic mass is 35.5. The van der Waals surface area contributed by atoms with Gasteiger partial charge in [-0.1, -0.05) is 30.3 Å². The van der Waals surface area contributed by atoms with E-state index in [-0.39, 0.29) is 29.8 Å². The van der Waals surface area contributed by atoms with Crippen LogP contribution >= 0.6 is 12.4 Å². The van der Waals surface area contributed by atoms with Crippen molar-refractivity contribution >= 4 is 35.4 Å². The summed E-state index contributed by atoms with van der Waals surface area (Å²) in [6, 6.07) is 17.4. The zero-order valence-corrected chi connectivity index (χ0v) is 21.8. The Labute approximate surface area is 228 Å². The van der Waals surface area contributed by atoms with Crippen LogP contribution in [0.3, 0.4) is 0 Å². The van der Waals surface area contributed by atoms with Crippen molar-refractivity contribution in [1.29, 1.82) is 0 Å². The maximum absolute atomic E-state index is 13.9. The minimum Gasteiger partial charge on any atom is -0.497 e. The maximum atomic E-state index is 13.9. The molecule has 4 N–H and O–H groups in total. The number of hydrogen-bond donors (Lipinski definition) is 4. The van der Waals surface area contributed by atoms with Gasteiger partial charge in [0.05, 0.1) is 13.2 Å². The lowest BCUT2D eigenvalue weighted by molar-refractivity contribution is -0.134. The number of aliphatic carboxylic acids is 1. The summed E-state index contributed by atoms with van der Waals surface area (Å²) < 4.78 is 32.6.